The molecule has 1 aromatic rings. The molecule has 2 heterocycles. The van der Waals surface area contributed by atoms with Crippen LogP contribution in [0, 0.1) is 5.92 Å². The Labute approximate surface area is 115 Å². The number of hydrogen-bond donors (Lipinski definition) is 1. The number of nitrogens with zero attached hydrogens (tertiary/aromatic N) is 4. The van der Waals surface area contributed by atoms with Crippen molar-refractivity contribution in [2.45, 2.75) is 38.1 Å². The standard InChI is InChI=1S/C12H19F3N4O/c1-11(20,12(13,14)15)9-18-5-2-3-10(7-18)8-19-6-4-16-17-19/h4,6,10,20H,2-3,5,7-9H2,1H3/t10-,11+/m0/s1. The highest BCUT2D eigenvalue weighted by molar-refractivity contribution is 4.87. The molecular formula is C12H19F3N4O. The third kappa shape index (κ3) is 3.69. The van der Waals surface area contributed by atoms with Crippen molar-refractivity contribution in [3.05, 3.63) is 12.4 Å². The summed E-state index contributed by atoms with van der Waals surface area (Å²) in [5.41, 5.74) is -2.66. The zero-order valence-corrected chi connectivity index (χ0v) is 11.3. The highest BCUT2D eigenvalue weighted by Crippen LogP contribution is 2.31. The number of piperidine rings is 1. The Bertz CT molecular complexity index is 419. The molecule has 2 rings (SSSR count). The summed E-state index contributed by atoms with van der Waals surface area (Å²) in [6, 6.07) is 0. The molecule has 114 valence electrons. The third-order valence-electron chi connectivity index (χ3n) is 3.66. The second kappa shape index (κ2) is 5.69. The molecule has 0 unspecified atom stereocenters. The van der Waals surface area contributed by atoms with Gasteiger partial charge >= 0.3 is 6.18 Å². The zero-order chi connectivity index (χ0) is 14.8. The normalized spacial score (nSPS) is 24.6. The van der Waals surface area contributed by atoms with Gasteiger partial charge in [-0.3, -0.25) is 9.58 Å². The first-order chi connectivity index (χ1) is 9.28. The lowest BCUT2D eigenvalue weighted by Gasteiger charge is -2.37. The molecule has 2 atom stereocenters. The van der Waals surface area contributed by atoms with E-state index in [4.69, 9.17) is 0 Å². The van der Waals surface area contributed by atoms with Crippen molar-refractivity contribution in [2.24, 2.45) is 5.92 Å². The molecule has 5 nitrogen and oxygen atoms in total. The predicted molar refractivity (Wildman–Crippen MR) is 65.9 cm³/mol. The largest absolute Gasteiger partial charge is 0.418 e. The Hall–Kier alpha value is -1.15. The molecule has 1 aliphatic rings. The molecule has 1 aliphatic heterocycles. The van der Waals surface area contributed by atoms with Crippen LogP contribution in [-0.2, 0) is 6.54 Å². The van der Waals surface area contributed by atoms with Crippen LogP contribution in [0.15, 0.2) is 12.4 Å². The molecule has 0 amide bonds. The first-order valence-corrected chi connectivity index (χ1v) is 6.63. The molecule has 20 heavy (non-hydrogen) atoms. The number of β-amino-alcohol motifs (C(OH)–C–C–N with tert-alkyl or cyclic N) is 1. The van der Waals surface area contributed by atoms with Crippen molar-refractivity contribution in [3.63, 3.8) is 0 Å². The maximum absolute atomic E-state index is 12.7. The highest BCUT2D eigenvalue weighted by Gasteiger charge is 2.50. The summed E-state index contributed by atoms with van der Waals surface area (Å²) >= 11 is 0. The van der Waals surface area contributed by atoms with E-state index in [2.05, 4.69) is 10.3 Å². The van der Waals surface area contributed by atoms with E-state index in [1.54, 1.807) is 22.0 Å². The van der Waals surface area contributed by atoms with E-state index in [1.165, 1.54) is 0 Å². The van der Waals surface area contributed by atoms with Crippen molar-refractivity contribution in [2.75, 3.05) is 19.6 Å². The van der Waals surface area contributed by atoms with Crippen LogP contribution in [-0.4, -0.2) is 56.4 Å². The van der Waals surface area contributed by atoms with Crippen LogP contribution in [0.1, 0.15) is 19.8 Å². The molecule has 0 aromatic carbocycles. The summed E-state index contributed by atoms with van der Waals surface area (Å²) in [6.45, 7) is 2.20. The lowest BCUT2D eigenvalue weighted by Crippen LogP contribution is -2.53. The monoisotopic (exact) mass is 292 g/mol. The highest BCUT2D eigenvalue weighted by atomic mass is 19.4. The summed E-state index contributed by atoms with van der Waals surface area (Å²) in [5.74, 6) is 0.231. The average Bonchev–Trinajstić information content (AvgIpc) is 2.80. The van der Waals surface area contributed by atoms with E-state index in [1.807, 2.05) is 0 Å². The lowest BCUT2D eigenvalue weighted by molar-refractivity contribution is -0.258. The van der Waals surface area contributed by atoms with Crippen LogP contribution in [0.25, 0.3) is 0 Å². The number of likely N-dealkylation sites (tertiary alicyclic amines) is 1. The van der Waals surface area contributed by atoms with Gasteiger partial charge in [-0.25, -0.2) is 0 Å². The molecule has 1 N–H and O–H groups in total. The first-order valence-electron chi connectivity index (χ1n) is 6.63. The average molecular weight is 292 g/mol. The summed E-state index contributed by atoms with van der Waals surface area (Å²) < 4.78 is 39.8. The van der Waals surface area contributed by atoms with Gasteiger partial charge in [-0.1, -0.05) is 5.21 Å². The molecule has 0 bridgehead atoms. The Kier molecular flexibility index (Phi) is 4.33. The maximum atomic E-state index is 12.7. The number of aliphatic hydroxyl groups is 1. The lowest BCUT2D eigenvalue weighted by atomic mass is 9.96. The van der Waals surface area contributed by atoms with Gasteiger partial charge in [0.1, 0.15) is 0 Å². The van der Waals surface area contributed by atoms with Crippen LogP contribution < -0.4 is 0 Å². The summed E-state index contributed by atoms with van der Waals surface area (Å²) in [5, 5.41) is 17.1. The Morgan fingerprint density at radius 1 is 1.40 bits per heavy atom. The molecule has 1 saturated heterocycles. The number of halogens is 3. The first kappa shape index (κ1) is 15.2. The van der Waals surface area contributed by atoms with Crippen LogP contribution >= 0.6 is 0 Å². The van der Waals surface area contributed by atoms with Crippen molar-refractivity contribution < 1.29 is 18.3 Å². The van der Waals surface area contributed by atoms with Gasteiger partial charge in [0.15, 0.2) is 5.60 Å². The Morgan fingerprint density at radius 2 is 2.15 bits per heavy atom. The van der Waals surface area contributed by atoms with E-state index in [9.17, 15) is 18.3 Å². The van der Waals surface area contributed by atoms with E-state index >= 15 is 0 Å². The fourth-order valence-corrected chi connectivity index (χ4v) is 2.56. The topological polar surface area (TPSA) is 54.2 Å². The minimum atomic E-state index is -4.61. The quantitative estimate of drug-likeness (QED) is 0.909. The molecule has 0 aliphatic carbocycles. The Balaban J connectivity index is 1.90. The van der Waals surface area contributed by atoms with Crippen molar-refractivity contribution in [3.8, 4) is 0 Å². The van der Waals surface area contributed by atoms with E-state index < -0.39 is 11.8 Å². The second-order valence-electron chi connectivity index (χ2n) is 5.64. The number of hydrogen-bond acceptors (Lipinski definition) is 4. The van der Waals surface area contributed by atoms with Gasteiger partial charge in [-0.05, 0) is 32.2 Å². The minimum Gasteiger partial charge on any atom is -0.380 e. The smallest absolute Gasteiger partial charge is 0.380 e. The van der Waals surface area contributed by atoms with Gasteiger partial charge in [0, 0.05) is 25.8 Å². The zero-order valence-electron chi connectivity index (χ0n) is 11.3. The van der Waals surface area contributed by atoms with Crippen LogP contribution in [0.3, 0.4) is 0 Å². The van der Waals surface area contributed by atoms with Gasteiger partial charge in [0.25, 0.3) is 0 Å². The predicted octanol–water partition coefficient (Wildman–Crippen LogP) is 1.30. The van der Waals surface area contributed by atoms with Crippen molar-refractivity contribution >= 4 is 0 Å². The number of rotatable bonds is 4. The molecular weight excluding hydrogens is 273 g/mol. The van der Waals surface area contributed by atoms with Crippen molar-refractivity contribution in [1.29, 1.82) is 0 Å². The van der Waals surface area contributed by atoms with Crippen molar-refractivity contribution in [1.82, 2.24) is 19.9 Å². The third-order valence-corrected chi connectivity index (χ3v) is 3.66. The fourth-order valence-electron chi connectivity index (χ4n) is 2.56. The summed E-state index contributed by atoms with van der Waals surface area (Å²) in [4.78, 5) is 1.68. The van der Waals surface area contributed by atoms with Gasteiger partial charge in [0.2, 0.25) is 0 Å². The van der Waals surface area contributed by atoms with Gasteiger partial charge < -0.3 is 5.11 Å². The van der Waals surface area contributed by atoms with Crippen LogP contribution in [0.5, 0.6) is 0 Å². The van der Waals surface area contributed by atoms with Gasteiger partial charge in [-0.2, -0.15) is 13.2 Å². The molecule has 8 heteroatoms. The van der Waals surface area contributed by atoms with Crippen LogP contribution in [0.4, 0.5) is 13.2 Å². The minimum absolute atomic E-state index is 0.231. The molecule has 1 aromatic heterocycles. The Morgan fingerprint density at radius 3 is 2.75 bits per heavy atom. The maximum Gasteiger partial charge on any atom is 0.418 e. The van der Waals surface area contributed by atoms with E-state index in [0.717, 1.165) is 19.8 Å². The molecule has 0 saturated carbocycles. The van der Waals surface area contributed by atoms with E-state index in [0.29, 0.717) is 19.6 Å². The number of aromatic nitrogens is 3. The van der Waals surface area contributed by atoms with E-state index in [-0.39, 0.29) is 12.5 Å². The van der Waals surface area contributed by atoms with Crippen LogP contribution in [0.2, 0.25) is 0 Å². The summed E-state index contributed by atoms with van der Waals surface area (Å²) in [7, 11) is 0. The molecule has 0 radical (unpaired) electrons. The van der Waals surface area contributed by atoms with Gasteiger partial charge in [-0.15, -0.1) is 5.10 Å². The van der Waals surface area contributed by atoms with Gasteiger partial charge in [0.05, 0.1) is 6.20 Å². The summed E-state index contributed by atoms with van der Waals surface area (Å²) in [6.07, 6.45) is 0.490. The molecule has 1 fully saturated rings. The SMILES string of the molecule is C[C@@](O)(CN1CCC[C@H](Cn2ccnn2)C1)C(F)(F)F. The second-order valence-corrected chi connectivity index (χ2v) is 5.64. The molecule has 0 spiro atoms. The fraction of sp³-hybridized carbons (Fsp3) is 0.833. The number of alkyl halides is 3.